The van der Waals surface area contributed by atoms with Crippen LogP contribution in [0.5, 0.6) is 0 Å². The molecule has 26 heavy (non-hydrogen) atoms. The minimum Gasteiger partial charge on any atom is -0.337 e. The Morgan fingerprint density at radius 3 is 2.62 bits per heavy atom. The molecule has 1 saturated heterocycles. The Morgan fingerprint density at radius 2 is 1.77 bits per heavy atom. The molecule has 0 unspecified atom stereocenters. The van der Waals surface area contributed by atoms with Crippen LogP contribution in [0.2, 0.25) is 0 Å². The van der Waals surface area contributed by atoms with Gasteiger partial charge < -0.3 is 10.2 Å². The number of likely N-dealkylation sites (tertiary alicyclic amines) is 1. The van der Waals surface area contributed by atoms with Crippen LogP contribution in [0, 0.1) is 0 Å². The van der Waals surface area contributed by atoms with Crippen molar-refractivity contribution in [2.24, 2.45) is 0 Å². The topological polar surface area (TPSA) is 75.2 Å². The van der Waals surface area contributed by atoms with Crippen LogP contribution in [-0.2, 0) is 0 Å². The molecule has 2 aromatic heterocycles. The van der Waals surface area contributed by atoms with E-state index in [2.05, 4.69) is 15.3 Å². The van der Waals surface area contributed by atoms with Gasteiger partial charge in [-0.15, -0.1) is 0 Å². The van der Waals surface area contributed by atoms with Gasteiger partial charge in [0.25, 0.3) is 11.8 Å². The number of rotatable bonds is 3. The summed E-state index contributed by atoms with van der Waals surface area (Å²) in [5.41, 5.74) is 2.06. The third-order valence-corrected chi connectivity index (χ3v) is 4.52. The molecule has 3 aromatic rings. The van der Waals surface area contributed by atoms with Gasteiger partial charge in [0.2, 0.25) is 0 Å². The standard InChI is InChI=1S/C20H18N4O2/c25-19(23-16-7-3-5-14-6-4-9-22-18(14)16)15-8-10-21-17(13-15)20(26)24-11-1-2-12-24/h3-10,13H,1-2,11-12H2,(H,23,25). The van der Waals surface area contributed by atoms with E-state index in [1.54, 1.807) is 23.2 Å². The summed E-state index contributed by atoms with van der Waals surface area (Å²) in [6.07, 6.45) is 5.22. The number of benzene rings is 1. The molecule has 6 heteroatoms. The lowest BCUT2D eigenvalue weighted by Gasteiger charge is -2.15. The average Bonchev–Trinajstić information content (AvgIpc) is 3.22. The lowest BCUT2D eigenvalue weighted by atomic mass is 10.1. The first-order valence-corrected chi connectivity index (χ1v) is 8.63. The number of anilines is 1. The number of aromatic nitrogens is 2. The number of carbonyl (C=O) groups excluding carboxylic acids is 2. The Labute approximate surface area is 150 Å². The van der Waals surface area contributed by atoms with E-state index in [-0.39, 0.29) is 11.8 Å². The second kappa shape index (κ2) is 6.92. The molecule has 2 amide bonds. The van der Waals surface area contributed by atoms with Crippen molar-refractivity contribution in [3.63, 3.8) is 0 Å². The number of pyridine rings is 2. The third-order valence-electron chi connectivity index (χ3n) is 4.52. The summed E-state index contributed by atoms with van der Waals surface area (Å²) < 4.78 is 0. The minimum atomic E-state index is -0.291. The van der Waals surface area contributed by atoms with Crippen molar-refractivity contribution in [3.8, 4) is 0 Å². The van der Waals surface area contributed by atoms with Crippen LogP contribution in [0.1, 0.15) is 33.7 Å². The molecular formula is C20H18N4O2. The molecule has 6 nitrogen and oxygen atoms in total. The van der Waals surface area contributed by atoms with Crippen LogP contribution in [-0.4, -0.2) is 39.8 Å². The van der Waals surface area contributed by atoms with Gasteiger partial charge in [-0.2, -0.15) is 0 Å². The van der Waals surface area contributed by atoms with Gasteiger partial charge in [-0.05, 0) is 37.1 Å². The van der Waals surface area contributed by atoms with Crippen LogP contribution in [0.4, 0.5) is 5.69 Å². The monoisotopic (exact) mass is 346 g/mol. The molecule has 3 heterocycles. The van der Waals surface area contributed by atoms with Crippen molar-refractivity contribution >= 4 is 28.4 Å². The first-order chi connectivity index (χ1) is 12.7. The number of carbonyl (C=O) groups is 2. The average molecular weight is 346 g/mol. The van der Waals surface area contributed by atoms with E-state index in [1.165, 1.54) is 6.20 Å². The fraction of sp³-hybridized carbons (Fsp3) is 0.200. The van der Waals surface area contributed by atoms with Gasteiger partial charge >= 0.3 is 0 Å². The second-order valence-corrected chi connectivity index (χ2v) is 6.26. The van der Waals surface area contributed by atoms with Gasteiger partial charge in [-0.1, -0.05) is 18.2 Å². The fourth-order valence-corrected chi connectivity index (χ4v) is 3.17. The molecule has 4 rings (SSSR count). The Bertz CT molecular complexity index is 975. The summed E-state index contributed by atoms with van der Waals surface area (Å²) >= 11 is 0. The summed E-state index contributed by atoms with van der Waals surface area (Å²) in [4.78, 5) is 35.4. The molecule has 1 aliphatic rings. The van der Waals surface area contributed by atoms with Crippen molar-refractivity contribution in [1.82, 2.24) is 14.9 Å². The molecule has 0 atom stereocenters. The maximum Gasteiger partial charge on any atom is 0.272 e. The fourth-order valence-electron chi connectivity index (χ4n) is 3.17. The molecule has 0 radical (unpaired) electrons. The van der Waals surface area contributed by atoms with Crippen LogP contribution < -0.4 is 5.32 Å². The molecule has 0 spiro atoms. The first-order valence-electron chi connectivity index (χ1n) is 8.63. The Hall–Kier alpha value is -3.28. The van der Waals surface area contributed by atoms with E-state index in [0.717, 1.165) is 36.8 Å². The zero-order valence-electron chi connectivity index (χ0n) is 14.2. The highest BCUT2D eigenvalue weighted by molar-refractivity contribution is 6.09. The summed E-state index contributed by atoms with van der Waals surface area (Å²) in [5.74, 6) is -0.412. The molecule has 0 saturated carbocycles. The normalized spacial score (nSPS) is 13.8. The van der Waals surface area contributed by atoms with Gasteiger partial charge in [0.05, 0.1) is 11.2 Å². The highest BCUT2D eigenvalue weighted by atomic mass is 16.2. The van der Waals surface area contributed by atoms with Crippen LogP contribution >= 0.6 is 0 Å². The maximum absolute atomic E-state index is 12.7. The highest BCUT2D eigenvalue weighted by Gasteiger charge is 2.21. The van der Waals surface area contributed by atoms with Crippen molar-refractivity contribution in [2.45, 2.75) is 12.8 Å². The number of amides is 2. The summed E-state index contributed by atoms with van der Waals surface area (Å²) in [6, 6.07) is 12.6. The number of fused-ring (bicyclic) bond motifs is 1. The van der Waals surface area contributed by atoms with Gasteiger partial charge in [-0.3, -0.25) is 19.6 Å². The van der Waals surface area contributed by atoms with E-state index in [1.807, 2.05) is 30.3 Å². The van der Waals surface area contributed by atoms with Gasteiger partial charge in [0.1, 0.15) is 5.69 Å². The molecule has 1 aliphatic heterocycles. The zero-order valence-corrected chi connectivity index (χ0v) is 14.2. The van der Waals surface area contributed by atoms with E-state index in [0.29, 0.717) is 16.9 Å². The van der Waals surface area contributed by atoms with E-state index in [9.17, 15) is 9.59 Å². The minimum absolute atomic E-state index is 0.121. The van der Waals surface area contributed by atoms with Gasteiger partial charge in [0.15, 0.2) is 0 Å². The van der Waals surface area contributed by atoms with Crippen molar-refractivity contribution in [2.75, 3.05) is 18.4 Å². The van der Waals surface area contributed by atoms with Crippen LogP contribution in [0.15, 0.2) is 54.9 Å². The number of hydrogen-bond donors (Lipinski definition) is 1. The van der Waals surface area contributed by atoms with E-state index >= 15 is 0 Å². The Kier molecular flexibility index (Phi) is 4.31. The summed E-state index contributed by atoms with van der Waals surface area (Å²) in [7, 11) is 0. The number of nitrogens with one attached hydrogen (secondary N) is 1. The third kappa shape index (κ3) is 3.13. The molecule has 0 aliphatic carbocycles. The van der Waals surface area contributed by atoms with E-state index in [4.69, 9.17) is 0 Å². The summed E-state index contributed by atoms with van der Waals surface area (Å²) in [6.45, 7) is 1.50. The molecule has 1 N–H and O–H groups in total. The predicted octanol–water partition coefficient (Wildman–Crippen LogP) is 3.12. The molecule has 130 valence electrons. The van der Waals surface area contributed by atoms with Gasteiger partial charge in [-0.25, -0.2) is 0 Å². The van der Waals surface area contributed by atoms with Crippen molar-refractivity contribution in [3.05, 3.63) is 66.1 Å². The molecular weight excluding hydrogens is 328 g/mol. The quantitative estimate of drug-likeness (QED) is 0.791. The first kappa shape index (κ1) is 16.2. The van der Waals surface area contributed by atoms with Crippen LogP contribution in [0.3, 0.4) is 0 Å². The predicted molar refractivity (Wildman–Crippen MR) is 99.1 cm³/mol. The number of para-hydroxylation sites is 1. The van der Waals surface area contributed by atoms with Crippen LogP contribution in [0.25, 0.3) is 10.9 Å². The second-order valence-electron chi connectivity index (χ2n) is 6.26. The Morgan fingerprint density at radius 1 is 0.962 bits per heavy atom. The smallest absolute Gasteiger partial charge is 0.272 e. The van der Waals surface area contributed by atoms with Crippen molar-refractivity contribution < 1.29 is 9.59 Å². The SMILES string of the molecule is O=C(Nc1cccc2cccnc12)c1ccnc(C(=O)N2CCCC2)c1. The lowest BCUT2D eigenvalue weighted by Crippen LogP contribution is -2.28. The maximum atomic E-state index is 12.7. The lowest BCUT2D eigenvalue weighted by molar-refractivity contribution is 0.0787. The molecule has 0 bridgehead atoms. The number of hydrogen-bond acceptors (Lipinski definition) is 4. The zero-order chi connectivity index (χ0) is 17.9. The largest absolute Gasteiger partial charge is 0.337 e. The Balaban J connectivity index is 1.58. The molecule has 1 fully saturated rings. The highest BCUT2D eigenvalue weighted by Crippen LogP contribution is 2.21. The van der Waals surface area contributed by atoms with E-state index < -0.39 is 0 Å². The number of nitrogens with zero attached hydrogens (tertiary/aromatic N) is 3. The molecule has 1 aromatic carbocycles. The summed E-state index contributed by atoms with van der Waals surface area (Å²) in [5, 5.41) is 3.83. The van der Waals surface area contributed by atoms with Gasteiger partial charge in [0, 0.05) is 36.4 Å². The van der Waals surface area contributed by atoms with Crippen molar-refractivity contribution in [1.29, 1.82) is 0 Å².